The standard InChI is InChI=1S/C20H20ClFN2O3/c1-24-10-20(9-3-4-12-13(20)5-6-14(21)17(12)22)11-27-16-8-7-15(19(25)26-2)23-18(16)24/h5-8H,3-4,9-11H2,1-2H3. The number of halogens is 2. The van der Waals surface area contributed by atoms with Crippen molar-refractivity contribution in [3.63, 3.8) is 0 Å². The number of hydrogen-bond donors (Lipinski definition) is 0. The summed E-state index contributed by atoms with van der Waals surface area (Å²) < 4.78 is 25.5. The van der Waals surface area contributed by atoms with E-state index in [0.29, 0.717) is 36.7 Å². The number of ether oxygens (including phenoxy) is 2. The maximum atomic E-state index is 14.6. The Morgan fingerprint density at radius 2 is 2.19 bits per heavy atom. The third kappa shape index (κ3) is 2.92. The van der Waals surface area contributed by atoms with Crippen LogP contribution in [0.15, 0.2) is 24.3 Å². The molecule has 0 saturated heterocycles. The monoisotopic (exact) mass is 390 g/mol. The van der Waals surface area contributed by atoms with Gasteiger partial charge in [-0.05, 0) is 48.6 Å². The van der Waals surface area contributed by atoms with Gasteiger partial charge >= 0.3 is 5.97 Å². The number of fused-ring (bicyclic) bond motifs is 3. The fraction of sp³-hybridized carbons (Fsp3) is 0.400. The number of likely N-dealkylation sites (N-methyl/N-ethyl adjacent to an activating group) is 1. The molecule has 0 N–H and O–H groups in total. The van der Waals surface area contributed by atoms with E-state index in [-0.39, 0.29) is 21.9 Å². The lowest BCUT2D eigenvalue weighted by atomic mass is 9.70. The van der Waals surface area contributed by atoms with Gasteiger partial charge in [0, 0.05) is 19.0 Å². The van der Waals surface area contributed by atoms with Gasteiger partial charge in [0.2, 0.25) is 0 Å². The Morgan fingerprint density at radius 1 is 1.37 bits per heavy atom. The molecule has 1 unspecified atom stereocenters. The van der Waals surface area contributed by atoms with Crippen molar-refractivity contribution < 1.29 is 18.7 Å². The number of pyridine rings is 1. The summed E-state index contributed by atoms with van der Waals surface area (Å²) in [5.74, 6) is 0.355. The van der Waals surface area contributed by atoms with E-state index in [1.54, 1.807) is 18.2 Å². The molecule has 5 nitrogen and oxygen atoms in total. The Morgan fingerprint density at radius 3 is 2.96 bits per heavy atom. The van der Waals surface area contributed by atoms with E-state index in [9.17, 15) is 9.18 Å². The summed E-state index contributed by atoms with van der Waals surface area (Å²) in [6, 6.07) is 6.86. The smallest absolute Gasteiger partial charge is 0.356 e. The molecule has 1 atom stereocenters. The zero-order valence-corrected chi connectivity index (χ0v) is 16.0. The summed E-state index contributed by atoms with van der Waals surface area (Å²) >= 11 is 6.00. The molecular weight excluding hydrogens is 371 g/mol. The molecule has 0 radical (unpaired) electrons. The number of benzene rings is 1. The Balaban J connectivity index is 1.76. The van der Waals surface area contributed by atoms with Gasteiger partial charge in [0.1, 0.15) is 5.82 Å². The number of aromatic nitrogens is 1. The average Bonchev–Trinajstić information content (AvgIpc) is 2.81. The van der Waals surface area contributed by atoms with Crippen LogP contribution in [0.3, 0.4) is 0 Å². The van der Waals surface area contributed by atoms with Crippen LogP contribution in [0.1, 0.15) is 34.5 Å². The second-order valence-electron chi connectivity index (χ2n) is 7.18. The second kappa shape index (κ2) is 6.68. The zero-order valence-electron chi connectivity index (χ0n) is 15.2. The highest BCUT2D eigenvalue weighted by molar-refractivity contribution is 6.30. The molecule has 0 fully saturated rings. The highest BCUT2D eigenvalue weighted by atomic mass is 35.5. The molecule has 1 aromatic carbocycles. The molecule has 27 heavy (non-hydrogen) atoms. The minimum Gasteiger partial charge on any atom is -0.489 e. The first kappa shape index (κ1) is 18.0. The van der Waals surface area contributed by atoms with Crippen molar-refractivity contribution in [3.05, 3.63) is 51.9 Å². The zero-order chi connectivity index (χ0) is 19.2. The number of esters is 1. The highest BCUT2D eigenvalue weighted by Crippen LogP contribution is 2.44. The van der Waals surface area contributed by atoms with Crippen LogP contribution in [0.4, 0.5) is 10.2 Å². The molecule has 1 spiro atoms. The van der Waals surface area contributed by atoms with Gasteiger partial charge in [0.05, 0.1) is 18.7 Å². The van der Waals surface area contributed by atoms with Gasteiger partial charge in [0.15, 0.2) is 17.3 Å². The molecule has 1 aromatic heterocycles. The number of carbonyl (C=O) groups is 1. The third-order valence-electron chi connectivity index (χ3n) is 5.49. The quantitative estimate of drug-likeness (QED) is 0.694. The van der Waals surface area contributed by atoms with Crippen molar-refractivity contribution in [1.82, 2.24) is 4.98 Å². The topological polar surface area (TPSA) is 51.7 Å². The minimum absolute atomic E-state index is 0.154. The van der Waals surface area contributed by atoms with Crippen LogP contribution in [0.25, 0.3) is 0 Å². The van der Waals surface area contributed by atoms with Crippen LogP contribution in [0.5, 0.6) is 5.75 Å². The Hall–Kier alpha value is -2.34. The van der Waals surface area contributed by atoms with Crippen molar-refractivity contribution in [3.8, 4) is 5.75 Å². The summed E-state index contributed by atoms with van der Waals surface area (Å²) in [6.45, 7) is 1.02. The number of hydrogen-bond acceptors (Lipinski definition) is 5. The van der Waals surface area contributed by atoms with Crippen LogP contribution in [-0.4, -0.2) is 38.3 Å². The number of nitrogens with zero attached hydrogens (tertiary/aromatic N) is 2. The van der Waals surface area contributed by atoms with Crippen molar-refractivity contribution in [2.24, 2.45) is 0 Å². The lowest BCUT2D eigenvalue weighted by Crippen LogP contribution is -2.45. The van der Waals surface area contributed by atoms with Crippen molar-refractivity contribution >= 4 is 23.4 Å². The summed E-state index contributed by atoms with van der Waals surface area (Å²) in [6.07, 6.45) is 2.41. The van der Waals surface area contributed by atoms with Gasteiger partial charge in [0.25, 0.3) is 0 Å². The molecule has 0 amide bonds. The van der Waals surface area contributed by atoms with Crippen LogP contribution in [-0.2, 0) is 16.6 Å². The van der Waals surface area contributed by atoms with E-state index in [0.717, 1.165) is 18.4 Å². The van der Waals surface area contributed by atoms with E-state index >= 15 is 0 Å². The summed E-state index contributed by atoms with van der Waals surface area (Å²) in [5.41, 5.74) is 1.49. The Kier molecular flexibility index (Phi) is 4.46. The lowest BCUT2D eigenvalue weighted by Gasteiger charge is -2.39. The number of rotatable bonds is 1. The predicted molar refractivity (Wildman–Crippen MR) is 100 cm³/mol. The normalized spacial score (nSPS) is 21.1. The number of methoxy groups -OCH3 is 1. The van der Waals surface area contributed by atoms with E-state index in [1.807, 2.05) is 18.0 Å². The van der Waals surface area contributed by atoms with E-state index < -0.39 is 5.97 Å². The minimum atomic E-state index is -0.495. The van der Waals surface area contributed by atoms with Crippen LogP contribution < -0.4 is 9.64 Å². The van der Waals surface area contributed by atoms with Crippen LogP contribution in [0.2, 0.25) is 5.02 Å². The first-order chi connectivity index (χ1) is 12.9. The number of carbonyl (C=O) groups excluding carboxylic acids is 1. The maximum Gasteiger partial charge on any atom is 0.356 e. The highest BCUT2D eigenvalue weighted by Gasteiger charge is 2.42. The van der Waals surface area contributed by atoms with Crippen molar-refractivity contribution in [2.75, 3.05) is 32.2 Å². The SMILES string of the molecule is COC(=O)c1ccc2c(n1)N(C)CC1(CCCc3c1ccc(Cl)c3F)CO2. The lowest BCUT2D eigenvalue weighted by molar-refractivity contribution is 0.0594. The van der Waals surface area contributed by atoms with Gasteiger partial charge in [-0.3, -0.25) is 0 Å². The molecule has 1 aliphatic heterocycles. The predicted octanol–water partition coefficient (Wildman–Crippen LogP) is 3.76. The maximum absolute atomic E-state index is 14.6. The Labute approximate surface area is 162 Å². The summed E-state index contributed by atoms with van der Waals surface area (Å²) in [7, 11) is 3.23. The van der Waals surface area contributed by atoms with Gasteiger partial charge in [-0.25, -0.2) is 14.2 Å². The molecule has 142 valence electrons. The largest absolute Gasteiger partial charge is 0.489 e. The van der Waals surface area contributed by atoms with E-state index in [1.165, 1.54) is 7.11 Å². The first-order valence-electron chi connectivity index (χ1n) is 8.86. The fourth-order valence-corrected chi connectivity index (χ4v) is 4.39. The molecule has 2 aromatic rings. The molecule has 1 aliphatic carbocycles. The van der Waals surface area contributed by atoms with Gasteiger partial charge < -0.3 is 14.4 Å². The molecular formula is C20H20ClFN2O3. The van der Waals surface area contributed by atoms with E-state index in [2.05, 4.69) is 4.98 Å². The first-order valence-corrected chi connectivity index (χ1v) is 9.24. The molecule has 7 heteroatoms. The van der Waals surface area contributed by atoms with E-state index in [4.69, 9.17) is 21.1 Å². The van der Waals surface area contributed by atoms with Gasteiger partial charge in [-0.15, -0.1) is 0 Å². The molecule has 2 heterocycles. The van der Waals surface area contributed by atoms with Gasteiger partial charge in [-0.2, -0.15) is 0 Å². The van der Waals surface area contributed by atoms with Crippen molar-refractivity contribution in [2.45, 2.75) is 24.7 Å². The summed E-state index contributed by atoms with van der Waals surface area (Å²) in [4.78, 5) is 18.2. The van der Waals surface area contributed by atoms with Crippen molar-refractivity contribution in [1.29, 1.82) is 0 Å². The fourth-order valence-electron chi connectivity index (χ4n) is 4.22. The number of anilines is 1. The molecule has 0 bridgehead atoms. The summed E-state index contributed by atoms with van der Waals surface area (Å²) in [5, 5.41) is 0.154. The van der Waals surface area contributed by atoms with Crippen LogP contribution >= 0.6 is 11.6 Å². The molecule has 4 rings (SSSR count). The van der Waals surface area contributed by atoms with Crippen LogP contribution in [0, 0.1) is 5.82 Å². The molecule has 0 saturated carbocycles. The van der Waals surface area contributed by atoms with Gasteiger partial charge in [-0.1, -0.05) is 17.7 Å². The Bertz CT molecular complexity index is 920. The second-order valence-corrected chi connectivity index (χ2v) is 7.58. The average molecular weight is 391 g/mol. The molecule has 2 aliphatic rings. The third-order valence-corrected chi connectivity index (χ3v) is 5.78.